The highest BCUT2D eigenvalue weighted by Gasteiger charge is 2.32. The van der Waals surface area contributed by atoms with Crippen molar-refractivity contribution in [1.82, 2.24) is 5.32 Å². The molecule has 1 aliphatic heterocycles. The van der Waals surface area contributed by atoms with Gasteiger partial charge in [0, 0.05) is 6.04 Å². The molecule has 0 atom stereocenters. The topological polar surface area (TPSA) is 29.1 Å². The highest BCUT2D eigenvalue weighted by atomic mass is 32.2. The van der Waals surface area contributed by atoms with Gasteiger partial charge in [-0.1, -0.05) is 0 Å². The summed E-state index contributed by atoms with van der Waals surface area (Å²) < 4.78 is 51.2. The van der Waals surface area contributed by atoms with Gasteiger partial charge in [-0.25, -0.2) is 4.39 Å². The number of carbonyl (C=O) groups excluding carboxylic acids is 1. The summed E-state index contributed by atoms with van der Waals surface area (Å²) in [4.78, 5) is 11.9. The molecule has 1 aromatic rings. The van der Waals surface area contributed by atoms with Crippen LogP contribution in [0.15, 0.2) is 18.2 Å². The predicted molar refractivity (Wildman–Crippen MR) is 69.2 cm³/mol. The van der Waals surface area contributed by atoms with Crippen molar-refractivity contribution in [3.8, 4) is 0 Å². The molecular weight excluding hydrogens is 294 g/mol. The molecule has 0 bridgehead atoms. The van der Waals surface area contributed by atoms with Crippen molar-refractivity contribution < 1.29 is 22.4 Å². The maximum atomic E-state index is 13.5. The third-order valence-electron chi connectivity index (χ3n) is 3.09. The summed E-state index contributed by atoms with van der Waals surface area (Å²) in [6, 6.07) is 1.76. The molecule has 1 fully saturated rings. The van der Waals surface area contributed by atoms with E-state index in [9.17, 15) is 22.4 Å². The number of alkyl halides is 3. The Morgan fingerprint density at radius 3 is 2.50 bits per heavy atom. The van der Waals surface area contributed by atoms with Crippen LogP contribution in [0.5, 0.6) is 0 Å². The minimum atomic E-state index is -4.59. The molecule has 1 aromatic carbocycles. The smallest absolute Gasteiger partial charge is 0.349 e. The molecule has 7 heteroatoms. The Balaban J connectivity index is 2.16. The molecule has 0 unspecified atom stereocenters. The zero-order chi connectivity index (χ0) is 14.8. The van der Waals surface area contributed by atoms with E-state index in [-0.39, 0.29) is 6.04 Å². The van der Waals surface area contributed by atoms with Gasteiger partial charge in [0.2, 0.25) is 0 Å². The highest BCUT2D eigenvalue weighted by Crippen LogP contribution is 2.30. The fraction of sp³-hybridized carbons (Fsp3) is 0.462. The van der Waals surface area contributed by atoms with Crippen LogP contribution in [-0.2, 0) is 6.18 Å². The third-order valence-corrected chi connectivity index (χ3v) is 4.14. The van der Waals surface area contributed by atoms with Crippen molar-refractivity contribution in [2.24, 2.45) is 0 Å². The van der Waals surface area contributed by atoms with Gasteiger partial charge < -0.3 is 5.32 Å². The first-order valence-electron chi connectivity index (χ1n) is 6.13. The van der Waals surface area contributed by atoms with E-state index in [0.717, 1.165) is 24.3 Å². The SMILES string of the molecule is O=C(NC1CCSCC1)c1cc(C(F)(F)F)ccc1F. The minimum Gasteiger partial charge on any atom is -0.349 e. The lowest BCUT2D eigenvalue weighted by molar-refractivity contribution is -0.137. The van der Waals surface area contributed by atoms with Crippen LogP contribution in [0.3, 0.4) is 0 Å². The summed E-state index contributed by atoms with van der Waals surface area (Å²) in [6.45, 7) is 0. The third kappa shape index (κ3) is 3.65. The van der Waals surface area contributed by atoms with E-state index >= 15 is 0 Å². The van der Waals surface area contributed by atoms with Gasteiger partial charge in [-0.05, 0) is 42.5 Å². The Labute approximate surface area is 117 Å². The van der Waals surface area contributed by atoms with E-state index in [0.29, 0.717) is 18.2 Å². The molecule has 1 saturated heterocycles. The highest BCUT2D eigenvalue weighted by molar-refractivity contribution is 7.99. The standard InChI is InChI=1S/C13H13F4NOS/c14-11-2-1-8(13(15,16)17)7-10(11)12(19)18-9-3-5-20-6-4-9/h1-2,7,9H,3-6H2,(H,18,19). The molecule has 1 amide bonds. The first-order chi connectivity index (χ1) is 9.38. The van der Waals surface area contributed by atoms with Crippen LogP contribution in [0.25, 0.3) is 0 Å². The number of rotatable bonds is 2. The van der Waals surface area contributed by atoms with Crippen LogP contribution in [0.4, 0.5) is 17.6 Å². The quantitative estimate of drug-likeness (QED) is 0.848. The van der Waals surface area contributed by atoms with Crippen molar-refractivity contribution in [1.29, 1.82) is 0 Å². The molecule has 0 aromatic heterocycles. The fourth-order valence-electron chi connectivity index (χ4n) is 1.98. The lowest BCUT2D eigenvalue weighted by Gasteiger charge is -2.22. The van der Waals surface area contributed by atoms with Crippen molar-refractivity contribution in [2.75, 3.05) is 11.5 Å². The summed E-state index contributed by atoms with van der Waals surface area (Å²) in [5, 5.41) is 2.60. The van der Waals surface area contributed by atoms with E-state index in [1.165, 1.54) is 0 Å². The molecule has 0 aliphatic carbocycles. The zero-order valence-electron chi connectivity index (χ0n) is 10.5. The number of benzene rings is 1. The summed E-state index contributed by atoms with van der Waals surface area (Å²) >= 11 is 1.76. The molecule has 0 saturated carbocycles. The largest absolute Gasteiger partial charge is 0.416 e. The Bertz CT molecular complexity index is 498. The second-order valence-corrected chi connectivity index (χ2v) is 5.78. The predicted octanol–water partition coefficient (Wildman–Crippen LogP) is 3.47. The Kier molecular flexibility index (Phi) is 4.57. The van der Waals surface area contributed by atoms with Crippen molar-refractivity contribution >= 4 is 17.7 Å². The number of hydrogen-bond donors (Lipinski definition) is 1. The number of hydrogen-bond acceptors (Lipinski definition) is 2. The van der Waals surface area contributed by atoms with Crippen LogP contribution in [0.2, 0.25) is 0 Å². The summed E-state index contributed by atoms with van der Waals surface area (Å²) in [5.41, 5.74) is -1.58. The molecule has 0 spiro atoms. The van der Waals surface area contributed by atoms with Crippen LogP contribution >= 0.6 is 11.8 Å². The summed E-state index contributed by atoms with van der Waals surface area (Å²) in [5.74, 6) is 0.0395. The molecule has 1 N–H and O–H groups in total. The van der Waals surface area contributed by atoms with Crippen LogP contribution in [-0.4, -0.2) is 23.5 Å². The Morgan fingerprint density at radius 1 is 1.25 bits per heavy atom. The molecule has 2 rings (SSSR count). The maximum absolute atomic E-state index is 13.5. The lowest BCUT2D eigenvalue weighted by Crippen LogP contribution is -2.37. The molecule has 20 heavy (non-hydrogen) atoms. The van der Waals surface area contributed by atoms with E-state index < -0.39 is 29.0 Å². The number of nitrogens with one attached hydrogen (secondary N) is 1. The lowest BCUT2D eigenvalue weighted by atomic mass is 10.1. The number of amides is 1. The van der Waals surface area contributed by atoms with Gasteiger partial charge in [0.05, 0.1) is 11.1 Å². The van der Waals surface area contributed by atoms with Crippen molar-refractivity contribution in [3.63, 3.8) is 0 Å². The first kappa shape index (κ1) is 15.2. The molecule has 1 heterocycles. The van der Waals surface area contributed by atoms with E-state index in [4.69, 9.17) is 0 Å². The molecular formula is C13H13F4NOS. The minimum absolute atomic E-state index is 0.0994. The zero-order valence-corrected chi connectivity index (χ0v) is 11.3. The van der Waals surface area contributed by atoms with E-state index in [1.807, 2.05) is 0 Å². The normalized spacial score (nSPS) is 17.0. The van der Waals surface area contributed by atoms with Gasteiger partial charge in [0.15, 0.2) is 0 Å². The van der Waals surface area contributed by atoms with Gasteiger partial charge in [-0.3, -0.25) is 4.79 Å². The van der Waals surface area contributed by atoms with E-state index in [1.54, 1.807) is 11.8 Å². The number of halogens is 4. The molecule has 110 valence electrons. The van der Waals surface area contributed by atoms with Crippen LogP contribution < -0.4 is 5.32 Å². The van der Waals surface area contributed by atoms with Gasteiger partial charge in [0.25, 0.3) is 5.91 Å². The van der Waals surface area contributed by atoms with E-state index in [2.05, 4.69) is 5.32 Å². The Hall–Kier alpha value is -1.24. The first-order valence-corrected chi connectivity index (χ1v) is 7.29. The summed E-state index contributed by atoms with van der Waals surface area (Å²) in [6.07, 6.45) is -3.10. The average molecular weight is 307 g/mol. The molecule has 2 nitrogen and oxygen atoms in total. The summed E-state index contributed by atoms with van der Waals surface area (Å²) in [7, 11) is 0. The average Bonchev–Trinajstić information content (AvgIpc) is 2.39. The Morgan fingerprint density at radius 2 is 1.90 bits per heavy atom. The second-order valence-electron chi connectivity index (χ2n) is 4.55. The van der Waals surface area contributed by atoms with Gasteiger partial charge >= 0.3 is 6.18 Å². The van der Waals surface area contributed by atoms with Crippen LogP contribution in [0, 0.1) is 5.82 Å². The van der Waals surface area contributed by atoms with Crippen molar-refractivity contribution in [3.05, 3.63) is 35.1 Å². The monoisotopic (exact) mass is 307 g/mol. The fourth-order valence-corrected chi connectivity index (χ4v) is 3.09. The molecule has 0 radical (unpaired) electrons. The number of carbonyl (C=O) groups is 1. The number of thioether (sulfide) groups is 1. The second kappa shape index (κ2) is 6.03. The van der Waals surface area contributed by atoms with Crippen LogP contribution in [0.1, 0.15) is 28.8 Å². The van der Waals surface area contributed by atoms with Gasteiger partial charge in [-0.15, -0.1) is 0 Å². The maximum Gasteiger partial charge on any atom is 0.416 e. The van der Waals surface area contributed by atoms with Gasteiger partial charge in [0.1, 0.15) is 5.82 Å². The molecule has 1 aliphatic rings. The van der Waals surface area contributed by atoms with Crippen molar-refractivity contribution in [2.45, 2.75) is 25.1 Å². The van der Waals surface area contributed by atoms with Gasteiger partial charge in [-0.2, -0.15) is 24.9 Å².